The van der Waals surface area contributed by atoms with Crippen molar-refractivity contribution in [2.24, 2.45) is 5.10 Å². The van der Waals surface area contributed by atoms with Crippen LogP contribution in [0.5, 0.6) is 0 Å². The monoisotopic (exact) mass is 321 g/mol. The summed E-state index contributed by atoms with van der Waals surface area (Å²) in [5.74, 6) is -0.139. The van der Waals surface area contributed by atoms with Gasteiger partial charge in [0.25, 0.3) is 0 Å². The van der Waals surface area contributed by atoms with Crippen LogP contribution in [-0.2, 0) is 0 Å². The van der Waals surface area contributed by atoms with Gasteiger partial charge in [-0.3, -0.25) is 4.79 Å². The van der Waals surface area contributed by atoms with Gasteiger partial charge in [-0.15, -0.1) is 0 Å². The van der Waals surface area contributed by atoms with Crippen LogP contribution in [0.1, 0.15) is 48.0 Å². The van der Waals surface area contributed by atoms with E-state index in [4.69, 9.17) is 0 Å². The summed E-state index contributed by atoms with van der Waals surface area (Å²) in [6.45, 7) is 0. The Balaban J connectivity index is 1.54. The quantitative estimate of drug-likeness (QED) is 0.833. The Morgan fingerprint density at radius 3 is 2.46 bits per heavy atom. The number of rotatable bonds is 2. The molecule has 0 saturated heterocycles. The Morgan fingerprint density at radius 1 is 1.00 bits per heavy atom. The van der Waals surface area contributed by atoms with E-state index in [9.17, 15) is 9.59 Å². The highest BCUT2D eigenvalue weighted by Crippen LogP contribution is 2.30. The SMILES string of the molecule is O=C(NN=C1C(=O)c2cccc3cccc1c23)NC1CCCCC1. The average molecular weight is 321 g/mol. The summed E-state index contributed by atoms with van der Waals surface area (Å²) >= 11 is 0. The van der Waals surface area contributed by atoms with Gasteiger partial charge in [0, 0.05) is 22.6 Å². The minimum atomic E-state index is -0.342. The van der Waals surface area contributed by atoms with Crippen molar-refractivity contribution in [2.45, 2.75) is 38.1 Å². The van der Waals surface area contributed by atoms with Crippen molar-refractivity contribution in [3.8, 4) is 0 Å². The first-order valence-corrected chi connectivity index (χ1v) is 8.45. The van der Waals surface area contributed by atoms with Crippen LogP contribution < -0.4 is 10.7 Å². The summed E-state index contributed by atoms with van der Waals surface area (Å²) in [6, 6.07) is 11.3. The van der Waals surface area contributed by atoms with E-state index in [1.807, 2.05) is 30.3 Å². The molecule has 0 radical (unpaired) electrons. The fourth-order valence-electron chi connectivity index (χ4n) is 3.66. The van der Waals surface area contributed by atoms with Gasteiger partial charge < -0.3 is 5.32 Å². The van der Waals surface area contributed by atoms with E-state index < -0.39 is 0 Å². The predicted molar refractivity (Wildman–Crippen MR) is 93.4 cm³/mol. The van der Waals surface area contributed by atoms with Crippen molar-refractivity contribution in [1.82, 2.24) is 10.7 Å². The third-order valence-corrected chi connectivity index (χ3v) is 4.83. The lowest BCUT2D eigenvalue weighted by molar-refractivity contribution is 0.106. The number of hydrogen-bond acceptors (Lipinski definition) is 3. The minimum absolute atomic E-state index is 0.139. The summed E-state index contributed by atoms with van der Waals surface area (Å²) in [6.07, 6.45) is 5.55. The standard InChI is InChI=1S/C19H19N3O2/c23-18-15-11-5-7-12-6-4-10-14(16(12)15)17(18)21-22-19(24)20-13-8-2-1-3-9-13/h4-7,10-11,13H,1-3,8-9H2,(H2,20,22,24). The zero-order valence-corrected chi connectivity index (χ0v) is 13.3. The molecule has 1 saturated carbocycles. The van der Waals surface area contributed by atoms with Gasteiger partial charge >= 0.3 is 6.03 Å². The van der Waals surface area contributed by atoms with E-state index in [-0.39, 0.29) is 17.9 Å². The largest absolute Gasteiger partial charge is 0.335 e. The molecule has 0 atom stereocenters. The molecule has 2 N–H and O–H groups in total. The van der Waals surface area contributed by atoms with Crippen molar-refractivity contribution in [1.29, 1.82) is 0 Å². The molecule has 5 nitrogen and oxygen atoms in total. The van der Waals surface area contributed by atoms with Crippen LogP contribution in [0.2, 0.25) is 0 Å². The number of ketones is 1. The first-order chi connectivity index (χ1) is 11.7. The van der Waals surface area contributed by atoms with Crippen molar-refractivity contribution >= 4 is 28.3 Å². The number of carbonyl (C=O) groups excluding carboxylic acids is 2. The van der Waals surface area contributed by atoms with Gasteiger partial charge in [0.05, 0.1) is 0 Å². The van der Waals surface area contributed by atoms with Crippen molar-refractivity contribution < 1.29 is 9.59 Å². The number of benzene rings is 2. The molecule has 0 unspecified atom stereocenters. The summed E-state index contributed by atoms with van der Waals surface area (Å²) in [5.41, 5.74) is 4.24. The van der Waals surface area contributed by atoms with E-state index in [1.165, 1.54) is 6.42 Å². The third-order valence-electron chi connectivity index (χ3n) is 4.83. The molecule has 0 bridgehead atoms. The fraction of sp³-hybridized carbons (Fsp3) is 0.316. The Hall–Kier alpha value is -2.69. The molecule has 0 aliphatic heterocycles. The summed E-state index contributed by atoms with van der Waals surface area (Å²) in [5, 5.41) is 8.97. The Bertz CT molecular complexity index is 846. The molecule has 122 valence electrons. The highest BCUT2D eigenvalue weighted by atomic mass is 16.2. The number of hydrogen-bond donors (Lipinski definition) is 2. The third kappa shape index (κ3) is 2.56. The second-order valence-electron chi connectivity index (χ2n) is 6.42. The second kappa shape index (κ2) is 6.07. The van der Waals surface area contributed by atoms with Crippen LogP contribution in [0.15, 0.2) is 41.5 Å². The number of carbonyl (C=O) groups is 2. The number of nitrogens with zero attached hydrogens (tertiary/aromatic N) is 1. The maximum absolute atomic E-state index is 12.6. The molecule has 2 aliphatic carbocycles. The van der Waals surface area contributed by atoms with Crippen LogP contribution in [-0.4, -0.2) is 23.6 Å². The smallest absolute Gasteiger partial charge is 0.334 e. The van der Waals surface area contributed by atoms with Crippen LogP contribution in [0.25, 0.3) is 10.8 Å². The maximum Gasteiger partial charge on any atom is 0.335 e. The van der Waals surface area contributed by atoms with Gasteiger partial charge in [0.1, 0.15) is 5.71 Å². The van der Waals surface area contributed by atoms with E-state index in [2.05, 4.69) is 15.8 Å². The normalized spacial score (nSPS) is 19.0. The van der Waals surface area contributed by atoms with Gasteiger partial charge in [0.2, 0.25) is 5.78 Å². The molecule has 0 spiro atoms. The first kappa shape index (κ1) is 14.9. The van der Waals surface area contributed by atoms with Gasteiger partial charge in [0.15, 0.2) is 0 Å². The first-order valence-electron chi connectivity index (χ1n) is 8.45. The summed E-state index contributed by atoms with van der Waals surface area (Å²) in [4.78, 5) is 24.6. The number of amides is 2. The Kier molecular flexibility index (Phi) is 3.76. The molecule has 5 heteroatoms. The molecule has 24 heavy (non-hydrogen) atoms. The van der Waals surface area contributed by atoms with Gasteiger partial charge in [-0.2, -0.15) is 5.10 Å². The topological polar surface area (TPSA) is 70.6 Å². The van der Waals surface area contributed by atoms with E-state index in [0.29, 0.717) is 11.3 Å². The number of Topliss-reactive ketones (excluding diaryl/α,β-unsaturated/α-hetero) is 1. The number of urea groups is 1. The lowest BCUT2D eigenvalue weighted by Gasteiger charge is -2.22. The predicted octanol–water partition coefficient (Wildman–Crippen LogP) is 3.37. The van der Waals surface area contributed by atoms with Crippen molar-refractivity contribution in [3.05, 3.63) is 47.5 Å². The minimum Gasteiger partial charge on any atom is -0.334 e. The highest BCUT2D eigenvalue weighted by Gasteiger charge is 2.29. The molecule has 1 fully saturated rings. The van der Waals surface area contributed by atoms with Gasteiger partial charge in [-0.05, 0) is 18.2 Å². The molecular formula is C19H19N3O2. The highest BCUT2D eigenvalue weighted by molar-refractivity contribution is 6.59. The number of nitrogens with one attached hydrogen (secondary N) is 2. The Labute approximate surface area is 140 Å². The molecule has 2 aliphatic rings. The van der Waals surface area contributed by atoms with Gasteiger partial charge in [-0.25, -0.2) is 10.2 Å². The molecule has 0 aromatic heterocycles. The molecule has 2 aromatic rings. The average Bonchev–Trinajstić information content (AvgIpc) is 2.88. The number of hydrazone groups is 1. The van der Waals surface area contributed by atoms with E-state index in [1.54, 1.807) is 6.07 Å². The molecule has 0 heterocycles. The zero-order chi connectivity index (χ0) is 16.5. The zero-order valence-electron chi connectivity index (χ0n) is 13.3. The van der Waals surface area contributed by atoms with Crippen LogP contribution in [0, 0.1) is 0 Å². The Morgan fingerprint density at radius 2 is 1.71 bits per heavy atom. The van der Waals surface area contributed by atoms with E-state index >= 15 is 0 Å². The molecule has 2 amide bonds. The lowest BCUT2D eigenvalue weighted by Crippen LogP contribution is -2.41. The fourth-order valence-corrected chi connectivity index (χ4v) is 3.66. The summed E-state index contributed by atoms with van der Waals surface area (Å²) < 4.78 is 0. The van der Waals surface area contributed by atoms with Crippen molar-refractivity contribution in [2.75, 3.05) is 0 Å². The lowest BCUT2D eigenvalue weighted by atomic mass is 9.96. The maximum atomic E-state index is 12.6. The van der Waals surface area contributed by atoms with Gasteiger partial charge in [-0.1, -0.05) is 55.7 Å². The van der Waals surface area contributed by atoms with Crippen molar-refractivity contribution in [3.63, 3.8) is 0 Å². The van der Waals surface area contributed by atoms with Crippen LogP contribution in [0.3, 0.4) is 0 Å². The molecule has 4 rings (SSSR count). The van der Waals surface area contributed by atoms with Crippen LogP contribution >= 0.6 is 0 Å². The van der Waals surface area contributed by atoms with E-state index in [0.717, 1.165) is 42.0 Å². The molecular weight excluding hydrogens is 302 g/mol. The second-order valence-corrected chi connectivity index (χ2v) is 6.42. The summed E-state index contributed by atoms with van der Waals surface area (Å²) in [7, 11) is 0. The molecule has 2 aromatic carbocycles. The van der Waals surface area contributed by atoms with Crippen LogP contribution in [0.4, 0.5) is 4.79 Å².